The third kappa shape index (κ3) is 2.88. The van der Waals surface area contributed by atoms with E-state index in [9.17, 15) is 9.59 Å². The van der Waals surface area contributed by atoms with E-state index in [2.05, 4.69) is 5.32 Å². The van der Waals surface area contributed by atoms with Crippen LogP contribution in [0.15, 0.2) is 30.3 Å². The molecule has 1 fully saturated rings. The van der Waals surface area contributed by atoms with Crippen LogP contribution in [0.25, 0.3) is 0 Å². The van der Waals surface area contributed by atoms with Crippen molar-refractivity contribution in [1.82, 2.24) is 10.2 Å². The number of rotatable bonds is 3. The Hall–Kier alpha value is -1.84. The fraction of sp³-hybridized carbons (Fsp3) is 0.429. The minimum absolute atomic E-state index is 0.0210. The lowest BCUT2D eigenvalue weighted by atomic mass is 10.2. The molecule has 4 nitrogen and oxygen atoms in total. The highest BCUT2D eigenvalue weighted by molar-refractivity contribution is 5.87. The van der Waals surface area contributed by atoms with Gasteiger partial charge in [0.15, 0.2) is 0 Å². The van der Waals surface area contributed by atoms with Crippen molar-refractivity contribution in [3.05, 3.63) is 35.9 Å². The van der Waals surface area contributed by atoms with Gasteiger partial charge >= 0.3 is 0 Å². The highest BCUT2D eigenvalue weighted by Crippen LogP contribution is 2.17. The van der Waals surface area contributed by atoms with Crippen LogP contribution in [0.3, 0.4) is 0 Å². The number of hydrogen-bond acceptors (Lipinski definition) is 2. The summed E-state index contributed by atoms with van der Waals surface area (Å²) in [7, 11) is 0. The molecule has 1 aromatic carbocycles. The van der Waals surface area contributed by atoms with Crippen molar-refractivity contribution in [3.63, 3.8) is 0 Å². The van der Waals surface area contributed by atoms with E-state index >= 15 is 0 Å². The van der Waals surface area contributed by atoms with Crippen LogP contribution in [0, 0.1) is 0 Å². The van der Waals surface area contributed by atoms with Gasteiger partial charge in [0.1, 0.15) is 6.04 Å². The van der Waals surface area contributed by atoms with Gasteiger partial charge in [-0.05, 0) is 18.4 Å². The van der Waals surface area contributed by atoms with Crippen molar-refractivity contribution in [2.45, 2.75) is 32.4 Å². The summed E-state index contributed by atoms with van der Waals surface area (Å²) in [6, 6.07) is 9.48. The molecule has 1 aliphatic rings. The molecular formula is C14H18N2O2. The summed E-state index contributed by atoms with van der Waals surface area (Å²) in [4.78, 5) is 25.1. The molecule has 96 valence electrons. The summed E-state index contributed by atoms with van der Waals surface area (Å²) in [6.45, 7) is 2.73. The summed E-state index contributed by atoms with van der Waals surface area (Å²) >= 11 is 0. The average molecular weight is 246 g/mol. The molecule has 1 saturated heterocycles. The average Bonchev–Trinajstić information content (AvgIpc) is 2.86. The molecule has 1 heterocycles. The second-order valence-electron chi connectivity index (χ2n) is 4.57. The second-order valence-corrected chi connectivity index (χ2v) is 4.57. The number of benzene rings is 1. The molecule has 1 N–H and O–H groups in total. The Morgan fingerprint density at radius 2 is 2.06 bits per heavy atom. The Labute approximate surface area is 107 Å². The van der Waals surface area contributed by atoms with E-state index in [1.807, 2.05) is 30.3 Å². The van der Waals surface area contributed by atoms with Crippen LogP contribution in [0.4, 0.5) is 0 Å². The van der Waals surface area contributed by atoms with E-state index < -0.39 is 0 Å². The van der Waals surface area contributed by atoms with E-state index in [-0.39, 0.29) is 17.9 Å². The topological polar surface area (TPSA) is 49.4 Å². The summed E-state index contributed by atoms with van der Waals surface area (Å²) in [5.74, 6) is -0.0704. The first-order chi connectivity index (χ1) is 8.68. The molecule has 0 spiro atoms. The molecular weight excluding hydrogens is 228 g/mol. The zero-order chi connectivity index (χ0) is 13.0. The van der Waals surface area contributed by atoms with E-state index in [0.717, 1.165) is 18.4 Å². The van der Waals surface area contributed by atoms with E-state index in [4.69, 9.17) is 0 Å². The van der Waals surface area contributed by atoms with Crippen molar-refractivity contribution in [2.24, 2.45) is 0 Å². The Kier molecular flexibility index (Phi) is 3.97. The number of carbonyl (C=O) groups excluding carboxylic acids is 2. The lowest BCUT2D eigenvalue weighted by Crippen LogP contribution is -2.44. The highest BCUT2D eigenvalue weighted by atomic mass is 16.2. The van der Waals surface area contributed by atoms with Crippen molar-refractivity contribution < 1.29 is 9.59 Å². The summed E-state index contributed by atoms with van der Waals surface area (Å²) in [5.41, 5.74) is 1.07. The predicted octanol–water partition coefficient (Wildman–Crippen LogP) is 1.31. The molecule has 2 amide bonds. The maximum atomic E-state index is 12.0. The molecule has 4 heteroatoms. The first-order valence-electron chi connectivity index (χ1n) is 6.27. The molecule has 0 radical (unpaired) electrons. The van der Waals surface area contributed by atoms with E-state index in [0.29, 0.717) is 13.1 Å². The number of amides is 2. The minimum atomic E-state index is -0.286. The molecule has 0 aliphatic carbocycles. The zero-order valence-corrected chi connectivity index (χ0v) is 10.6. The molecule has 0 saturated carbocycles. The normalized spacial score (nSPS) is 18.7. The van der Waals surface area contributed by atoms with Crippen LogP contribution in [0.1, 0.15) is 25.3 Å². The van der Waals surface area contributed by atoms with Crippen molar-refractivity contribution in [2.75, 3.05) is 6.54 Å². The third-order valence-electron chi connectivity index (χ3n) is 3.27. The van der Waals surface area contributed by atoms with Crippen LogP contribution in [-0.4, -0.2) is 29.3 Å². The smallest absolute Gasteiger partial charge is 0.243 e. The predicted molar refractivity (Wildman–Crippen MR) is 68.7 cm³/mol. The fourth-order valence-electron chi connectivity index (χ4n) is 2.32. The maximum Gasteiger partial charge on any atom is 0.243 e. The maximum absolute atomic E-state index is 12.0. The molecule has 1 aromatic rings. The van der Waals surface area contributed by atoms with Crippen LogP contribution < -0.4 is 5.32 Å². The largest absolute Gasteiger partial charge is 0.350 e. The van der Waals surface area contributed by atoms with Gasteiger partial charge in [-0.1, -0.05) is 30.3 Å². The van der Waals surface area contributed by atoms with Crippen LogP contribution >= 0.6 is 0 Å². The van der Waals surface area contributed by atoms with Gasteiger partial charge in [0.05, 0.1) is 0 Å². The number of hydrogen-bond donors (Lipinski definition) is 1. The van der Waals surface area contributed by atoms with Gasteiger partial charge in [-0.3, -0.25) is 9.59 Å². The highest BCUT2D eigenvalue weighted by Gasteiger charge is 2.31. The molecule has 0 aromatic heterocycles. The first kappa shape index (κ1) is 12.6. The number of carbonyl (C=O) groups is 2. The van der Waals surface area contributed by atoms with Crippen LogP contribution in [0.2, 0.25) is 0 Å². The van der Waals surface area contributed by atoms with Gasteiger partial charge in [-0.2, -0.15) is 0 Å². The van der Waals surface area contributed by atoms with Gasteiger partial charge in [0.2, 0.25) is 11.8 Å². The third-order valence-corrected chi connectivity index (χ3v) is 3.27. The van der Waals surface area contributed by atoms with Gasteiger partial charge < -0.3 is 10.2 Å². The van der Waals surface area contributed by atoms with Gasteiger partial charge in [0, 0.05) is 20.0 Å². The number of nitrogens with one attached hydrogen (secondary N) is 1. The Morgan fingerprint density at radius 1 is 1.33 bits per heavy atom. The number of likely N-dealkylation sites (tertiary alicyclic amines) is 1. The molecule has 0 bridgehead atoms. The standard InChI is InChI=1S/C14H18N2O2/c1-11(17)16-9-5-8-13(16)14(18)15-10-12-6-3-2-4-7-12/h2-4,6-7,13H,5,8-10H2,1H3,(H,15,18)/t13-/m1/s1. The fourth-order valence-corrected chi connectivity index (χ4v) is 2.32. The van der Waals surface area contributed by atoms with E-state index in [1.165, 1.54) is 6.92 Å². The van der Waals surface area contributed by atoms with Gasteiger partial charge in [0.25, 0.3) is 0 Å². The Morgan fingerprint density at radius 3 is 2.72 bits per heavy atom. The lowest BCUT2D eigenvalue weighted by Gasteiger charge is -2.22. The SMILES string of the molecule is CC(=O)N1CCC[C@@H]1C(=O)NCc1ccccc1. The van der Waals surface area contributed by atoms with Crippen molar-refractivity contribution in [1.29, 1.82) is 0 Å². The molecule has 1 aliphatic heterocycles. The molecule has 1 atom stereocenters. The minimum Gasteiger partial charge on any atom is -0.350 e. The Balaban J connectivity index is 1.90. The number of nitrogens with zero attached hydrogens (tertiary/aromatic N) is 1. The van der Waals surface area contributed by atoms with Gasteiger partial charge in [-0.25, -0.2) is 0 Å². The van der Waals surface area contributed by atoms with Gasteiger partial charge in [-0.15, -0.1) is 0 Å². The second kappa shape index (κ2) is 5.67. The molecule has 18 heavy (non-hydrogen) atoms. The lowest BCUT2D eigenvalue weighted by molar-refractivity contribution is -0.136. The first-order valence-corrected chi connectivity index (χ1v) is 6.27. The van der Waals surface area contributed by atoms with Crippen molar-refractivity contribution in [3.8, 4) is 0 Å². The van der Waals surface area contributed by atoms with E-state index in [1.54, 1.807) is 4.90 Å². The monoisotopic (exact) mass is 246 g/mol. The van der Waals surface area contributed by atoms with Crippen LogP contribution in [0.5, 0.6) is 0 Å². The van der Waals surface area contributed by atoms with Crippen molar-refractivity contribution >= 4 is 11.8 Å². The van der Waals surface area contributed by atoms with Crippen LogP contribution in [-0.2, 0) is 16.1 Å². The molecule has 0 unspecified atom stereocenters. The zero-order valence-electron chi connectivity index (χ0n) is 10.6. The molecule has 2 rings (SSSR count). The quantitative estimate of drug-likeness (QED) is 0.874. The summed E-state index contributed by atoms with van der Waals surface area (Å²) in [6.07, 6.45) is 1.67. The summed E-state index contributed by atoms with van der Waals surface area (Å²) < 4.78 is 0. The Bertz CT molecular complexity index is 431. The summed E-state index contributed by atoms with van der Waals surface area (Å²) in [5, 5.41) is 2.89.